The van der Waals surface area contributed by atoms with Gasteiger partial charge in [0.05, 0.1) is 0 Å². The zero-order chi connectivity index (χ0) is 35.5. The van der Waals surface area contributed by atoms with Crippen LogP contribution in [0.5, 0.6) is 51.7 Å². The Kier molecular flexibility index (Phi) is 8.59. The first-order valence-electron chi connectivity index (χ1n) is 15.8. The van der Waals surface area contributed by atoms with Gasteiger partial charge in [0.15, 0.2) is 54.3 Å². The molecule has 0 spiro atoms. The van der Waals surface area contributed by atoms with Crippen molar-refractivity contribution in [3.8, 4) is 51.7 Å². The van der Waals surface area contributed by atoms with Crippen LogP contribution < -0.4 is 42.0 Å². The first kappa shape index (κ1) is 34.2. The van der Waals surface area contributed by atoms with Crippen LogP contribution in [0, 0.1) is 0 Å². The number of fused-ring (bicyclic) bond motifs is 3. The first-order chi connectivity index (χ1) is 22.8. The molecule has 0 N–H and O–H groups in total. The fourth-order valence-corrected chi connectivity index (χ4v) is 6.40. The van der Waals surface area contributed by atoms with E-state index in [-0.39, 0.29) is 37.1 Å². The van der Waals surface area contributed by atoms with Gasteiger partial charge >= 0.3 is 26.5 Å². The largest absolute Gasteiger partial charge is 0.530 e. The molecule has 0 fully saturated rings. The summed E-state index contributed by atoms with van der Waals surface area (Å²) >= 11 is 0. The lowest BCUT2D eigenvalue weighted by atomic mass is 9.86. The highest BCUT2D eigenvalue weighted by Gasteiger charge is 2.35. The van der Waals surface area contributed by atoms with Crippen molar-refractivity contribution in [3.05, 3.63) is 53.1 Å². The average Bonchev–Trinajstić information content (AvgIpc) is 2.98. The lowest BCUT2D eigenvalue weighted by molar-refractivity contribution is -0.139. The summed E-state index contributed by atoms with van der Waals surface area (Å²) in [6, 6.07) is 10.1. The van der Waals surface area contributed by atoms with E-state index in [0.29, 0.717) is 45.6 Å². The van der Waals surface area contributed by atoms with E-state index in [1.165, 1.54) is 0 Å². The average molecular weight is 695 g/mol. The highest BCUT2D eigenvalue weighted by molar-refractivity contribution is 7.43. The predicted octanol–water partition coefficient (Wildman–Crippen LogP) is 7.24. The molecule has 0 saturated heterocycles. The number of esters is 3. The smallest absolute Gasteiger partial charge is 0.478 e. The van der Waals surface area contributed by atoms with Crippen molar-refractivity contribution >= 4 is 26.5 Å². The molecule has 49 heavy (non-hydrogen) atoms. The highest BCUT2D eigenvalue weighted by Crippen LogP contribution is 2.53. The van der Waals surface area contributed by atoms with Crippen molar-refractivity contribution in [2.45, 2.75) is 78.6 Å². The molecule has 3 aliphatic heterocycles. The monoisotopic (exact) mass is 694 g/mol. The highest BCUT2D eigenvalue weighted by atomic mass is 31.2. The molecular weight excluding hydrogens is 655 g/mol. The zero-order valence-corrected chi connectivity index (χ0v) is 29.8. The Morgan fingerprint density at radius 1 is 0.449 bits per heavy atom. The Hall–Kier alpha value is -4.70. The summed E-state index contributed by atoms with van der Waals surface area (Å²) in [5, 5.41) is 0. The molecule has 0 radical (unpaired) electrons. The van der Waals surface area contributed by atoms with E-state index in [4.69, 9.17) is 42.0 Å². The SMILES string of the molecule is CC(C)(C)c1cc2c(cc1OP(Oc1cc3c(cc1C(C)(C)C)OC(=O)CO3)Oc1cc3c(cc1C(C)(C)C)OC(=O)CO3)OC(=O)CO2. The third-order valence-electron chi connectivity index (χ3n) is 7.79. The minimum atomic E-state index is -2.36. The maximum Gasteiger partial charge on any atom is 0.530 e. The van der Waals surface area contributed by atoms with E-state index in [1.807, 2.05) is 62.3 Å². The van der Waals surface area contributed by atoms with Gasteiger partial charge in [-0.2, -0.15) is 0 Å². The molecule has 0 bridgehead atoms. The molecule has 0 unspecified atom stereocenters. The van der Waals surface area contributed by atoms with Crippen LogP contribution in [0.1, 0.15) is 79.0 Å². The minimum Gasteiger partial charge on any atom is -0.478 e. The fourth-order valence-electron chi connectivity index (χ4n) is 5.35. The molecule has 3 aromatic rings. The van der Waals surface area contributed by atoms with Crippen LogP contribution in [0.2, 0.25) is 0 Å². The van der Waals surface area contributed by atoms with Gasteiger partial charge in [-0.05, 0) is 34.4 Å². The second kappa shape index (κ2) is 12.3. The minimum absolute atomic E-state index is 0.202. The van der Waals surface area contributed by atoms with E-state index >= 15 is 0 Å². The van der Waals surface area contributed by atoms with Crippen LogP contribution in [0.4, 0.5) is 0 Å². The van der Waals surface area contributed by atoms with Crippen LogP contribution in [0.15, 0.2) is 36.4 Å². The Labute approximate surface area is 285 Å². The van der Waals surface area contributed by atoms with Gasteiger partial charge in [-0.25, -0.2) is 14.4 Å². The van der Waals surface area contributed by atoms with Gasteiger partial charge < -0.3 is 42.0 Å². The van der Waals surface area contributed by atoms with E-state index in [9.17, 15) is 14.4 Å². The van der Waals surface area contributed by atoms with E-state index < -0.39 is 42.8 Å². The van der Waals surface area contributed by atoms with Crippen LogP contribution in [0.3, 0.4) is 0 Å². The molecule has 3 heterocycles. The second-order valence-electron chi connectivity index (χ2n) is 14.9. The maximum atomic E-state index is 12.1. The van der Waals surface area contributed by atoms with Gasteiger partial charge in [0.1, 0.15) is 17.2 Å². The molecular formula is C36H39O12P. The predicted molar refractivity (Wildman–Crippen MR) is 178 cm³/mol. The van der Waals surface area contributed by atoms with Crippen LogP contribution in [0.25, 0.3) is 0 Å². The van der Waals surface area contributed by atoms with Gasteiger partial charge in [-0.15, -0.1) is 0 Å². The Bertz CT molecular complexity index is 1760. The maximum absolute atomic E-state index is 12.1. The lowest BCUT2D eigenvalue weighted by Crippen LogP contribution is -2.24. The molecule has 13 heteroatoms. The third-order valence-corrected chi connectivity index (χ3v) is 8.83. The number of hydrogen-bond acceptors (Lipinski definition) is 12. The normalized spacial score (nSPS) is 15.7. The van der Waals surface area contributed by atoms with Gasteiger partial charge in [-0.1, -0.05) is 62.3 Å². The topological polar surface area (TPSA) is 134 Å². The third kappa shape index (κ3) is 7.34. The van der Waals surface area contributed by atoms with Crippen molar-refractivity contribution in [1.82, 2.24) is 0 Å². The summed E-state index contributed by atoms with van der Waals surface area (Å²) in [6.07, 6.45) is 0. The molecule has 0 atom stereocenters. The van der Waals surface area contributed by atoms with Crippen molar-refractivity contribution in [2.75, 3.05) is 19.8 Å². The van der Waals surface area contributed by atoms with Crippen molar-refractivity contribution in [2.24, 2.45) is 0 Å². The molecule has 6 rings (SSSR count). The number of hydrogen-bond donors (Lipinski definition) is 0. The second-order valence-corrected chi connectivity index (χ2v) is 15.9. The molecule has 3 aromatic carbocycles. The Morgan fingerprint density at radius 3 is 1.04 bits per heavy atom. The molecule has 3 aliphatic rings. The summed E-state index contributed by atoms with van der Waals surface area (Å²) < 4.78 is 53.5. The quantitative estimate of drug-likeness (QED) is 0.146. The lowest BCUT2D eigenvalue weighted by Gasteiger charge is -2.30. The summed E-state index contributed by atoms with van der Waals surface area (Å²) in [6.45, 7) is 17.3. The summed E-state index contributed by atoms with van der Waals surface area (Å²) in [5.41, 5.74) is 0.732. The number of carbonyl (C=O) groups is 3. The molecule has 0 saturated carbocycles. The molecule has 0 aliphatic carbocycles. The van der Waals surface area contributed by atoms with Crippen molar-refractivity contribution in [3.63, 3.8) is 0 Å². The molecule has 12 nitrogen and oxygen atoms in total. The van der Waals surface area contributed by atoms with Crippen molar-refractivity contribution < 1.29 is 56.4 Å². The first-order valence-corrected chi connectivity index (χ1v) is 16.8. The summed E-state index contributed by atoms with van der Waals surface area (Å²) in [7, 11) is -2.36. The van der Waals surface area contributed by atoms with Crippen molar-refractivity contribution in [1.29, 1.82) is 0 Å². The number of rotatable bonds is 6. The van der Waals surface area contributed by atoms with Gasteiger partial charge in [0.2, 0.25) is 0 Å². The van der Waals surface area contributed by atoms with Gasteiger partial charge in [-0.3, -0.25) is 0 Å². The van der Waals surface area contributed by atoms with Gasteiger partial charge in [0, 0.05) is 34.9 Å². The van der Waals surface area contributed by atoms with Crippen LogP contribution in [-0.4, -0.2) is 37.7 Å². The van der Waals surface area contributed by atoms with E-state index in [2.05, 4.69) is 0 Å². The van der Waals surface area contributed by atoms with E-state index in [0.717, 1.165) is 5.56 Å². The fraction of sp³-hybridized carbons (Fsp3) is 0.417. The van der Waals surface area contributed by atoms with E-state index in [1.54, 1.807) is 36.4 Å². The van der Waals surface area contributed by atoms with Crippen LogP contribution >= 0.6 is 8.60 Å². The summed E-state index contributed by atoms with van der Waals surface area (Å²) in [5.74, 6) is 1.38. The van der Waals surface area contributed by atoms with Crippen LogP contribution in [-0.2, 0) is 30.6 Å². The number of benzene rings is 3. The van der Waals surface area contributed by atoms with Gasteiger partial charge in [0.25, 0.3) is 0 Å². The molecule has 260 valence electrons. The summed E-state index contributed by atoms with van der Waals surface area (Å²) in [4.78, 5) is 36.2. The number of ether oxygens (including phenoxy) is 6. The molecule has 0 aromatic heterocycles. The standard InChI is InChI=1S/C36H39O12P/c1-34(2,3)19-10-25-30(45-33(39)16-40-25)15-24(19)48-49(46-22-13-26-28(43-31(37)17-41-26)11-20(22)35(4,5)6)47-23-14-27-29(44-32(38)18-42-27)12-21(23)36(7,8)9/h10-15H,16-18H2,1-9H3. The molecule has 0 amide bonds. The Balaban J connectivity index is 1.49. The Morgan fingerprint density at radius 2 is 0.714 bits per heavy atom. The number of carbonyl (C=O) groups excluding carboxylic acids is 3. The zero-order valence-electron chi connectivity index (χ0n) is 28.9.